The molecule has 23 heavy (non-hydrogen) atoms. The molecule has 2 aromatic rings. The molecular weight excluding hydrogens is 306 g/mol. The highest BCUT2D eigenvalue weighted by molar-refractivity contribution is 5.70. The average molecular weight is 321 g/mol. The summed E-state index contributed by atoms with van der Waals surface area (Å²) < 4.78 is 10.2. The van der Waals surface area contributed by atoms with E-state index in [2.05, 4.69) is 19.9 Å². The maximum atomic E-state index is 11.9. The van der Waals surface area contributed by atoms with Crippen molar-refractivity contribution in [3.63, 3.8) is 0 Å². The summed E-state index contributed by atoms with van der Waals surface area (Å²) in [4.78, 5) is 48.5. The maximum Gasteiger partial charge on any atom is 0.303 e. The first-order valence-corrected chi connectivity index (χ1v) is 6.64. The second-order valence-corrected chi connectivity index (χ2v) is 4.76. The summed E-state index contributed by atoms with van der Waals surface area (Å²) in [5.74, 6) is -1.23. The fraction of sp³-hybridized carbons (Fsp3) is 0.385. The van der Waals surface area contributed by atoms with Crippen LogP contribution in [0.2, 0.25) is 0 Å². The number of nitrogens with one attached hydrogen (secondary N) is 1. The fourth-order valence-corrected chi connectivity index (χ4v) is 1.98. The van der Waals surface area contributed by atoms with Gasteiger partial charge in [0.05, 0.1) is 6.20 Å². The number of nitrogens with zero attached hydrogens (tertiary/aromatic N) is 3. The molecule has 0 saturated heterocycles. The van der Waals surface area contributed by atoms with Crippen LogP contribution in [-0.4, -0.2) is 38.0 Å². The molecule has 0 aliphatic heterocycles. The lowest BCUT2D eigenvalue weighted by molar-refractivity contribution is -0.164. The molecule has 0 amide bonds. The van der Waals surface area contributed by atoms with E-state index in [1.54, 1.807) is 0 Å². The third-order valence-electron chi connectivity index (χ3n) is 2.82. The minimum absolute atomic E-state index is 0.0525. The quantitative estimate of drug-likeness (QED) is 0.732. The van der Waals surface area contributed by atoms with Crippen LogP contribution in [0.4, 0.5) is 5.95 Å². The normalized spacial score (nSPS) is 13.3. The van der Waals surface area contributed by atoms with Crippen molar-refractivity contribution in [3.05, 3.63) is 22.2 Å². The molecule has 10 heteroatoms. The van der Waals surface area contributed by atoms with Crippen molar-refractivity contribution < 1.29 is 19.1 Å². The molecule has 2 rings (SSSR count). The van der Waals surface area contributed by atoms with E-state index in [1.165, 1.54) is 27.0 Å². The summed E-state index contributed by atoms with van der Waals surface area (Å²) in [6.07, 6.45) is -0.545. The highest BCUT2D eigenvalue weighted by Crippen LogP contribution is 2.22. The number of nitrogen functional groups attached to an aromatic ring is 1. The van der Waals surface area contributed by atoms with Gasteiger partial charge in [0, 0.05) is 13.8 Å². The van der Waals surface area contributed by atoms with Crippen LogP contribution < -0.4 is 11.3 Å². The van der Waals surface area contributed by atoms with Gasteiger partial charge in [-0.25, -0.2) is 9.97 Å². The number of anilines is 1. The number of rotatable bonds is 4. The highest BCUT2D eigenvalue weighted by atomic mass is 16.6. The molecule has 0 bridgehead atoms. The third kappa shape index (κ3) is 3.78. The van der Waals surface area contributed by atoms with Gasteiger partial charge in [0.25, 0.3) is 5.56 Å². The number of aromatic nitrogens is 4. The number of carbonyl (C=O) groups is 2. The fourth-order valence-electron chi connectivity index (χ4n) is 1.98. The van der Waals surface area contributed by atoms with Crippen molar-refractivity contribution >= 4 is 29.1 Å². The standard InChI is InChI=1S/C13H15N5O5/c1-5(22-6(2)19)10(23-7(3)20)8-4-15-11-9(16-8)12(21)18-13(14)17-11/h4-5,10H,1-3H3,(H3,14,15,17,18,21)/t5?,10-/m1/s1. The van der Waals surface area contributed by atoms with Gasteiger partial charge >= 0.3 is 11.9 Å². The summed E-state index contributed by atoms with van der Waals surface area (Å²) in [5, 5.41) is 0. The van der Waals surface area contributed by atoms with Gasteiger partial charge in [-0.2, -0.15) is 4.98 Å². The van der Waals surface area contributed by atoms with Gasteiger partial charge in [-0.1, -0.05) is 0 Å². The number of H-pyrrole nitrogens is 1. The average Bonchev–Trinajstić information content (AvgIpc) is 2.43. The molecule has 122 valence electrons. The van der Waals surface area contributed by atoms with Gasteiger partial charge < -0.3 is 15.2 Å². The topological polar surface area (TPSA) is 150 Å². The van der Waals surface area contributed by atoms with Crippen molar-refractivity contribution in [1.82, 2.24) is 19.9 Å². The van der Waals surface area contributed by atoms with Crippen LogP contribution in [0.5, 0.6) is 0 Å². The van der Waals surface area contributed by atoms with Crippen molar-refractivity contribution in [3.8, 4) is 0 Å². The molecule has 0 aliphatic rings. The Morgan fingerprint density at radius 1 is 1.22 bits per heavy atom. The SMILES string of the molecule is CC(=O)OC(C)[C@@H](OC(C)=O)c1cnc2nc(N)[nH]c(=O)c2n1. The minimum Gasteiger partial charge on any atom is -0.458 e. The zero-order chi connectivity index (χ0) is 17.1. The van der Waals surface area contributed by atoms with Gasteiger partial charge in [0.15, 0.2) is 17.3 Å². The number of hydrogen-bond acceptors (Lipinski definition) is 9. The molecule has 3 N–H and O–H groups in total. The number of hydrogen-bond donors (Lipinski definition) is 2. The number of ether oxygens (including phenoxy) is 2. The Kier molecular flexibility index (Phi) is 4.53. The highest BCUT2D eigenvalue weighted by Gasteiger charge is 2.27. The van der Waals surface area contributed by atoms with Crippen LogP contribution in [0.15, 0.2) is 11.0 Å². The first-order valence-electron chi connectivity index (χ1n) is 6.64. The van der Waals surface area contributed by atoms with E-state index in [-0.39, 0.29) is 22.8 Å². The van der Waals surface area contributed by atoms with Crippen LogP contribution in [0.25, 0.3) is 11.2 Å². The summed E-state index contributed by atoms with van der Waals surface area (Å²) in [7, 11) is 0. The molecule has 2 atom stereocenters. The van der Waals surface area contributed by atoms with E-state index >= 15 is 0 Å². The summed E-state index contributed by atoms with van der Waals surface area (Å²) in [6.45, 7) is 3.97. The predicted octanol–water partition coefficient (Wildman–Crippen LogP) is -0.149. The van der Waals surface area contributed by atoms with E-state index in [9.17, 15) is 14.4 Å². The molecule has 10 nitrogen and oxygen atoms in total. The Hall–Kier alpha value is -3.04. The number of esters is 2. The van der Waals surface area contributed by atoms with E-state index < -0.39 is 29.7 Å². The molecule has 1 unspecified atom stereocenters. The number of aromatic amines is 1. The lowest BCUT2D eigenvalue weighted by Crippen LogP contribution is -2.27. The number of nitrogens with two attached hydrogens (primary N) is 1. The first-order chi connectivity index (χ1) is 10.8. The van der Waals surface area contributed by atoms with Crippen molar-refractivity contribution in [2.75, 3.05) is 5.73 Å². The third-order valence-corrected chi connectivity index (χ3v) is 2.82. The molecular formula is C13H15N5O5. The van der Waals surface area contributed by atoms with Gasteiger partial charge in [-0.15, -0.1) is 0 Å². The van der Waals surface area contributed by atoms with E-state index in [1.807, 2.05) is 0 Å². The van der Waals surface area contributed by atoms with Crippen LogP contribution in [0, 0.1) is 0 Å². The van der Waals surface area contributed by atoms with Crippen LogP contribution in [0.3, 0.4) is 0 Å². The number of fused-ring (bicyclic) bond motifs is 1. The van der Waals surface area contributed by atoms with Gasteiger partial charge in [-0.3, -0.25) is 19.4 Å². The van der Waals surface area contributed by atoms with Crippen LogP contribution in [-0.2, 0) is 19.1 Å². The molecule has 2 heterocycles. The Labute approximate surface area is 130 Å². The summed E-state index contributed by atoms with van der Waals surface area (Å²) in [6, 6.07) is 0. The molecule has 0 radical (unpaired) electrons. The van der Waals surface area contributed by atoms with Gasteiger partial charge in [0.1, 0.15) is 11.8 Å². The van der Waals surface area contributed by atoms with Crippen molar-refractivity contribution in [2.24, 2.45) is 0 Å². The van der Waals surface area contributed by atoms with Crippen molar-refractivity contribution in [2.45, 2.75) is 33.0 Å². The summed E-state index contributed by atoms with van der Waals surface area (Å²) >= 11 is 0. The Morgan fingerprint density at radius 3 is 2.48 bits per heavy atom. The molecule has 2 aromatic heterocycles. The van der Waals surface area contributed by atoms with Crippen molar-refractivity contribution in [1.29, 1.82) is 0 Å². The molecule has 0 aliphatic carbocycles. The zero-order valence-corrected chi connectivity index (χ0v) is 12.7. The minimum atomic E-state index is -1.01. The summed E-state index contributed by atoms with van der Waals surface area (Å²) in [5.41, 5.74) is 4.99. The maximum absolute atomic E-state index is 11.9. The lowest BCUT2D eigenvalue weighted by atomic mass is 10.1. The largest absolute Gasteiger partial charge is 0.458 e. The second kappa shape index (κ2) is 6.38. The Morgan fingerprint density at radius 2 is 1.87 bits per heavy atom. The van der Waals surface area contributed by atoms with Gasteiger partial charge in [-0.05, 0) is 6.92 Å². The van der Waals surface area contributed by atoms with Crippen LogP contribution >= 0.6 is 0 Å². The molecule has 0 fully saturated rings. The first kappa shape index (κ1) is 16.3. The van der Waals surface area contributed by atoms with E-state index in [4.69, 9.17) is 15.2 Å². The lowest BCUT2D eigenvalue weighted by Gasteiger charge is -2.22. The molecule has 0 spiro atoms. The monoisotopic (exact) mass is 321 g/mol. The van der Waals surface area contributed by atoms with Gasteiger partial charge in [0.2, 0.25) is 5.95 Å². The Bertz CT molecular complexity index is 818. The number of carbonyl (C=O) groups excluding carboxylic acids is 2. The smallest absolute Gasteiger partial charge is 0.303 e. The van der Waals surface area contributed by atoms with E-state index in [0.29, 0.717) is 0 Å². The Balaban J connectivity index is 2.49. The van der Waals surface area contributed by atoms with E-state index in [0.717, 1.165) is 0 Å². The molecule has 0 saturated carbocycles. The second-order valence-electron chi connectivity index (χ2n) is 4.76. The predicted molar refractivity (Wildman–Crippen MR) is 78.1 cm³/mol. The molecule has 0 aromatic carbocycles. The van der Waals surface area contributed by atoms with Crippen LogP contribution in [0.1, 0.15) is 32.6 Å². The zero-order valence-electron chi connectivity index (χ0n) is 12.7.